The van der Waals surface area contributed by atoms with E-state index >= 15 is 0 Å². The molecule has 1 aromatic heterocycles. The van der Waals surface area contributed by atoms with Gasteiger partial charge in [0.1, 0.15) is 6.33 Å². The molecule has 6 nitrogen and oxygen atoms in total. The Kier molecular flexibility index (Phi) is 3.47. The first kappa shape index (κ1) is 12.4. The van der Waals surface area contributed by atoms with Crippen molar-refractivity contribution in [1.29, 1.82) is 0 Å². The highest BCUT2D eigenvalue weighted by Gasteiger charge is 2.13. The predicted octanol–water partition coefficient (Wildman–Crippen LogP) is 1.41. The van der Waals surface area contributed by atoms with Crippen LogP contribution in [0.4, 0.5) is 5.69 Å². The molecule has 7 heteroatoms. The molecule has 0 saturated heterocycles. The van der Waals surface area contributed by atoms with E-state index in [2.05, 4.69) is 10.1 Å². The molecule has 1 heterocycles. The third-order valence-electron chi connectivity index (χ3n) is 2.37. The molecule has 0 fully saturated rings. The molecule has 2 rings (SSSR count). The summed E-state index contributed by atoms with van der Waals surface area (Å²) in [5, 5.41) is 4.29. The molecule has 18 heavy (non-hydrogen) atoms. The van der Waals surface area contributed by atoms with Gasteiger partial charge in [-0.2, -0.15) is 5.10 Å². The number of nitrogen functional groups attached to an aromatic ring is 1. The van der Waals surface area contributed by atoms with Gasteiger partial charge in [-0.25, -0.2) is 9.78 Å². The number of aromatic nitrogens is 3. The number of halogens is 1. The maximum atomic E-state index is 11.8. The Balaban J connectivity index is 2.08. The second-order valence-corrected chi connectivity index (χ2v) is 4.04. The van der Waals surface area contributed by atoms with Gasteiger partial charge in [-0.15, -0.1) is 0 Å². The largest absolute Gasteiger partial charge is 0.454 e. The first-order valence-corrected chi connectivity index (χ1v) is 5.50. The molecule has 0 atom stereocenters. The van der Waals surface area contributed by atoms with Crippen molar-refractivity contribution in [3.8, 4) is 0 Å². The molecule has 0 bridgehead atoms. The van der Waals surface area contributed by atoms with Gasteiger partial charge in [0.15, 0.2) is 12.4 Å². The molecule has 0 spiro atoms. The molecule has 0 aliphatic carbocycles. The van der Waals surface area contributed by atoms with E-state index in [9.17, 15) is 4.79 Å². The van der Waals surface area contributed by atoms with Gasteiger partial charge < -0.3 is 10.5 Å². The van der Waals surface area contributed by atoms with E-state index < -0.39 is 5.97 Å². The number of carbonyl (C=O) groups excluding carboxylic acids is 1. The van der Waals surface area contributed by atoms with Crippen molar-refractivity contribution in [1.82, 2.24) is 14.8 Å². The molecule has 94 valence electrons. The van der Waals surface area contributed by atoms with Gasteiger partial charge in [-0.1, -0.05) is 11.6 Å². The lowest BCUT2D eigenvalue weighted by Crippen LogP contribution is -2.10. The van der Waals surface area contributed by atoms with Gasteiger partial charge in [0.05, 0.1) is 5.56 Å². The van der Waals surface area contributed by atoms with Crippen molar-refractivity contribution < 1.29 is 9.53 Å². The van der Waals surface area contributed by atoms with Crippen LogP contribution in [0.25, 0.3) is 0 Å². The Bertz CT molecular complexity index is 582. The Morgan fingerprint density at radius 2 is 2.33 bits per heavy atom. The zero-order chi connectivity index (χ0) is 13.1. The summed E-state index contributed by atoms with van der Waals surface area (Å²) in [5.41, 5.74) is 6.24. The van der Waals surface area contributed by atoms with Gasteiger partial charge >= 0.3 is 5.97 Å². The number of carbonyl (C=O) groups is 1. The van der Waals surface area contributed by atoms with E-state index in [0.717, 1.165) is 0 Å². The van der Waals surface area contributed by atoms with Crippen LogP contribution in [0.5, 0.6) is 0 Å². The van der Waals surface area contributed by atoms with Gasteiger partial charge in [0.2, 0.25) is 0 Å². The van der Waals surface area contributed by atoms with E-state index in [1.807, 2.05) is 0 Å². The fourth-order valence-electron chi connectivity index (χ4n) is 1.36. The second-order valence-electron chi connectivity index (χ2n) is 3.61. The van der Waals surface area contributed by atoms with Crippen LogP contribution in [0.2, 0.25) is 5.02 Å². The van der Waals surface area contributed by atoms with Crippen LogP contribution in [0.1, 0.15) is 16.2 Å². The topological polar surface area (TPSA) is 83.0 Å². The third kappa shape index (κ3) is 2.60. The number of hydrogen-bond donors (Lipinski definition) is 1. The quantitative estimate of drug-likeness (QED) is 0.671. The van der Waals surface area contributed by atoms with Gasteiger partial charge in [-0.3, -0.25) is 4.68 Å². The number of ether oxygens (including phenoxy) is 1. The van der Waals surface area contributed by atoms with E-state index in [0.29, 0.717) is 16.5 Å². The van der Waals surface area contributed by atoms with Crippen molar-refractivity contribution in [3.63, 3.8) is 0 Å². The first-order valence-electron chi connectivity index (χ1n) is 5.13. The fourth-order valence-corrected chi connectivity index (χ4v) is 1.54. The fraction of sp³-hybridized carbons (Fsp3) is 0.182. The molecule has 1 aromatic carbocycles. The predicted molar refractivity (Wildman–Crippen MR) is 66.0 cm³/mol. The zero-order valence-electron chi connectivity index (χ0n) is 9.63. The lowest BCUT2D eigenvalue weighted by molar-refractivity contribution is 0.0459. The number of esters is 1. The van der Waals surface area contributed by atoms with Crippen molar-refractivity contribution in [2.75, 3.05) is 5.73 Å². The Labute approximate surface area is 108 Å². The summed E-state index contributed by atoms with van der Waals surface area (Å²) >= 11 is 5.80. The summed E-state index contributed by atoms with van der Waals surface area (Å²) < 4.78 is 6.61. The van der Waals surface area contributed by atoms with Crippen molar-refractivity contribution >= 4 is 23.3 Å². The average Bonchev–Trinajstić information content (AvgIpc) is 2.75. The Morgan fingerprint density at radius 3 is 3.00 bits per heavy atom. The molecule has 0 amide bonds. The van der Waals surface area contributed by atoms with E-state index in [1.165, 1.54) is 17.1 Å². The minimum absolute atomic E-state index is 0.0291. The minimum Gasteiger partial charge on any atom is -0.454 e. The molecule has 2 aromatic rings. The highest BCUT2D eigenvalue weighted by atomic mass is 35.5. The highest BCUT2D eigenvalue weighted by molar-refractivity contribution is 6.31. The van der Waals surface area contributed by atoms with Crippen LogP contribution in [0.3, 0.4) is 0 Å². The van der Waals surface area contributed by atoms with Crippen LogP contribution in [0.15, 0.2) is 24.5 Å². The first-order chi connectivity index (χ1) is 8.58. The van der Waals surface area contributed by atoms with Crippen LogP contribution in [0, 0.1) is 0 Å². The molecular formula is C11H11ClN4O2. The third-order valence-corrected chi connectivity index (χ3v) is 2.61. The number of aryl methyl sites for hydroxylation is 1. The van der Waals surface area contributed by atoms with Gasteiger partial charge in [-0.05, 0) is 18.2 Å². The van der Waals surface area contributed by atoms with E-state index in [-0.39, 0.29) is 12.2 Å². The van der Waals surface area contributed by atoms with Crippen LogP contribution >= 0.6 is 11.6 Å². The lowest BCUT2D eigenvalue weighted by Gasteiger charge is -2.06. The SMILES string of the molecule is Cn1ncnc1COC(=O)c1cc(Cl)ccc1N. The molecular weight excluding hydrogens is 256 g/mol. The summed E-state index contributed by atoms with van der Waals surface area (Å²) in [6, 6.07) is 4.63. The second kappa shape index (κ2) is 5.05. The summed E-state index contributed by atoms with van der Waals surface area (Å²) in [7, 11) is 1.71. The smallest absolute Gasteiger partial charge is 0.340 e. The number of hydrogen-bond acceptors (Lipinski definition) is 5. The van der Waals surface area contributed by atoms with Crippen LogP contribution in [-0.2, 0) is 18.4 Å². The normalized spacial score (nSPS) is 10.3. The number of benzene rings is 1. The Hall–Kier alpha value is -2.08. The van der Waals surface area contributed by atoms with Crippen LogP contribution in [-0.4, -0.2) is 20.7 Å². The van der Waals surface area contributed by atoms with E-state index in [1.54, 1.807) is 19.2 Å². The number of anilines is 1. The van der Waals surface area contributed by atoms with Crippen LogP contribution < -0.4 is 5.73 Å². The average molecular weight is 267 g/mol. The number of rotatable bonds is 3. The molecule has 0 saturated carbocycles. The standard InChI is InChI=1S/C11H11ClN4O2/c1-16-10(14-6-15-16)5-18-11(17)8-4-7(12)2-3-9(8)13/h2-4,6H,5,13H2,1H3. The summed E-state index contributed by atoms with van der Waals surface area (Å²) in [6.45, 7) is 0.0291. The maximum Gasteiger partial charge on any atom is 0.340 e. The zero-order valence-corrected chi connectivity index (χ0v) is 10.4. The molecule has 0 aliphatic heterocycles. The molecule has 0 radical (unpaired) electrons. The van der Waals surface area contributed by atoms with Gasteiger partial charge in [0.25, 0.3) is 0 Å². The van der Waals surface area contributed by atoms with Crippen molar-refractivity contribution in [2.45, 2.75) is 6.61 Å². The lowest BCUT2D eigenvalue weighted by atomic mass is 10.2. The summed E-state index contributed by atoms with van der Waals surface area (Å²) in [5.74, 6) is 0.00181. The van der Waals surface area contributed by atoms with Gasteiger partial charge in [0, 0.05) is 17.8 Å². The highest BCUT2D eigenvalue weighted by Crippen LogP contribution is 2.19. The van der Waals surface area contributed by atoms with E-state index in [4.69, 9.17) is 22.1 Å². The number of nitrogens with zero attached hydrogens (tertiary/aromatic N) is 3. The minimum atomic E-state index is -0.544. The molecule has 0 aliphatic rings. The summed E-state index contributed by atoms with van der Waals surface area (Å²) in [6.07, 6.45) is 1.39. The van der Waals surface area contributed by atoms with Crippen molar-refractivity contribution in [3.05, 3.63) is 40.9 Å². The Morgan fingerprint density at radius 1 is 1.56 bits per heavy atom. The molecule has 2 N–H and O–H groups in total. The number of nitrogens with two attached hydrogens (primary N) is 1. The monoisotopic (exact) mass is 266 g/mol. The maximum absolute atomic E-state index is 11.8. The molecule has 0 unspecified atom stereocenters. The summed E-state index contributed by atoms with van der Waals surface area (Å²) in [4.78, 5) is 15.7. The van der Waals surface area contributed by atoms with Crippen molar-refractivity contribution in [2.24, 2.45) is 7.05 Å².